The zero-order valence-electron chi connectivity index (χ0n) is 14.9. The van der Waals surface area contributed by atoms with Gasteiger partial charge in [0.05, 0.1) is 30.3 Å². The van der Waals surface area contributed by atoms with E-state index < -0.39 is 29.2 Å². The summed E-state index contributed by atoms with van der Waals surface area (Å²) < 4.78 is 50.8. The Morgan fingerprint density at radius 2 is 1.93 bits per heavy atom. The molecule has 3 rings (SSSR count). The Labute approximate surface area is 157 Å². The molecule has 1 amide bonds. The molecule has 146 valence electrons. The minimum Gasteiger partial charge on any atom is -0.465 e. The number of benzene rings is 1. The van der Waals surface area contributed by atoms with Crippen LogP contribution in [-0.2, 0) is 17.5 Å². The summed E-state index contributed by atoms with van der Waals surface area (Å²) in [6, 6.07) is 7.08. The molecule has 3 aromatic rings. The number of hydrogen-bond acceptors (Lipinski definition) is 5. The Morgan fingerprint density at radius 1 is 1.21 bits per heavy atom. The van der Waals surface area contributed by atoms with E-state index in [-0.39, 0.29) is 34.5 Å². The molecule has 0 radical (unpaired) electrons. The maximum absolute atomic E-state index is 13.6. The number of aryl methyl sites for hydroxylation is 1. The van der Waals surface area contributed by atoms with Gasteiger partial charge in [0, 0.05) is 11.6 Å². The normalized spacial score (nSPS) is 11.5. The van der Waals surface area contributed by atoms with Gasteiger partial charge in [-0.3, -0.25) is 9.78 Å². The number of esters is 1. The zero-order chi connectivity index (χ0) is 20.5. The number of fused-ring (bicyclic) bond motifs is 1. The second kappa shape index (κ2) is 7.34. The van der Waals surface area contributed by atoms with Crippen LogP contribution in [0.15, 0.2) is 40.9 Å². The summed E-state index contributed by atoms with van der Waals surface area (Å²) in [7, 11) is 1.21. The van der Waals surface area contributed by atoms with E-state index in [0.29, 0.717) is 0 Å². The van der Waals surface area contributed by atoms with Crippen molar-refractivity contribution >= 4 is 22.8 Å². The van der Waals surface area contributed by atoms with Gasteiger partial charge in [0.1, 0.15) is 17.1 Å². The second-order valence-electron chi connectivity index (χ2n) is 5.92. The third kappa shape index (κ3) is 3.68. The van der Waals surface area contributed by atoms with Gasteiger partial charge < -0.3 is 14.5 Å². The molecule has 0 atom stereocenters. The first-order valence-electron chi connectivity index (χ1n) is 8.13. The van der Waals surface area contributed by atoms with E-state index in [0.717, 1.165) is 6.20 Å². The summed E-state index contributed by atoms with van der Waals surface area (Å²) in [4.78, 5) is 27.9. The second-order valence-corrected chi connectivity index (χ2v) is 5.92. The largest absolute Gasteiger partial charge is 0.465 e. The van der Waals surface area contributed by atoms with Crippen molar-refractivity contribution in [1.29, 1.82) is 0 Å². The molecule has 0 saturated heterocycles. The Balaban J connectivity index is 1.89. The number of hydrogen-bond donors (Lipinski definition) is 1. The number of nitrogens with one attached hydrogen (secondary N) is 1. The first kappa shape index (κ1) is 19.4. The Bertz CT molecular complexity index is 1060. The molecule has 0 spiro atoms. The number of nitrogens with zero attached hydrogens (tertiary/aromatic N) is 1. The summed E-state index contributed by atoms with van der Waals surface area (Å²) in [5.41, 5.74) is -1.34. The van der Waals surface area contributed by atoms with Crippen molar-refractivity contribution in [3.05, 3.63) is 64.7 Å². The van der Waals surface area contributed by atoms with Crippen LogP contribution < -0.4 is 5.32 Å². The zero-order valence-corrected chi connectivity index (χ0v) is 14.9. The first-order chi connectivity index (χ1) is 13.2. The van der Waals surface area contributed by atoms with Crippen molar-refractivity contribution in [3.8, 4) is 0 Å². The predicted octanol–water partition coefficient (Wildman–Crippen LogP) is 3.87. The highest BCUT2D eigenvalue weighted by atomic mass is 19.4. The van der Waals surface area contributed by atoms with E-state index in [1.54, 1.807) is 6.07 Å². The molecular formula is C19H15F3N2O4. The van der Waals surface area contributed by atoms with Crippen LogP contribution in [0.25, 0.3) is 10.9 Å². The van der Waals surface area contributed by atoms with E-state index in [1.807, 2.05) is 0 Å². The van der Waals surface area contributed by atoms with E-state index >= 15 is 0 Å². The summed E-state index contributed by atoms with van der Waals surface area (Å²) in [6.45, 7) is 1.33. The molecule has 9 heteroatoms. The van der Waals surface area contributed by atoms with Gasteiger partial charge in [0.15, 0.2) is 0 Å². The van der Waals surface area contributed by atoms with Gasteiger partial charge in [0.2, 0.25) is 0 Å². The standard InChI is InChI=1S/C19H15F3N2O4/c1-10-13(18(26)27-2)7-11(28-10)8-24-17(25)14-9-23-15-6-4-3-5-12(15)16(14)19(20,21)22/h3-7,9H,8H2,1-2H3,(H,24,25). The lowest BCUT2D eigenvalue weighted by atomic mass is 10.0. The molecule has 2 aromatic heterocycles. The average Bonchev–Trinajstić information content (AvgIpc) is 3.04. The average molecular weight is 392 g/mol. The van der Waals surface area contributed by atoms with Crippen LogP contribution in [0.2, 0.25) is 0 Å². The Kier molecular flexibility index (Phi) is 5.08. The van der Waals surface area contributed by atoms with E-state index in [9.17, 15) is 22.8 Å². The summed E-state index contributed by atoms with van der Waals surface area (Å²) in [5.74, 6) is -1.09. The topological polar surface area (TPSA) is 81.4 Å². The Morgan fingerprint density at radius 3 is 2.61 bits per heavy atom. The minimum atomic E-state index is -4.74. The number of carbonyl (C=O) groups excluding carboxylic acids is 2. The van der Waals surface area contributed by atoms with Gasteiger partial charge >= 0.3 is 12.1 Å². The molecule has 6 nitrogen and oxygen atoms in total. The molecule has 28 heavy (non-hydrogen) atoms. The van der Waals surface area contributed by atoms with Crippen LogP contribution in [0.1, 0.15) is 37.8 Å². The van der Waals surface area contributed by atoms with Crippen molar-refractivity contribution in [3.63, 3.8) is 0 Å². The van der Waals surface area contributed by atoms with Crippen LogP contribution in [0.3, 0.4) is 0 Å². The van der Waals surface area contributed by atoms with Crippen molar-refractivity contribution in [1.82, 2.24) is 10.3 Å². The molecule has 1 aromatic carbocycles. The van der Waals surface area contributed by atoms with Crippen molar-refractivity contribution in [2.24, 2.45) is 0 Å². The number of amides is 1. The molecule has 0 bridgehead atoms. The highest BCUT2D eigenvalue weighted by Crippen LogP contribution is 2.36. The van der Waals surface area contributed by atoms with Gasteiger partial charge in [0.25, 0.3) is 5.91 Å². The predicted molar refractivity (Wildman–Crippen MR) is 92.7 cm³/mol. The molecule has 0 aliphatic rings. The van der Waals surface area contributed by atoms with Crippen LogP contribution in [0, 0.1) is 6.92 Å². The number of carbonyl (C=O) groups is 2. The molecular weight excluding hydrogens is 377 g/mol. The first-order valence-corrected chi connectivity index (χ1v) is 8.13. The summed E-state index contributed by atoms with van der Waals surface area (Å²) >= 11 is 0. The maximum Gasteiger partial charge on any atom is 0.417 e. The van der Waals surface area contributed by atoms with E-state index in [4.69, 9.17) is 4.42 Å². The maximum atomic E-state index is 13.6. The number of halogens is 3. The van der Waals surface area contributed by atoms with Crippen LogP contribution in [-0.4, -0.2) is 24.0 Å². The van der Waals surface area contributed by atoms with Crippen molar-refractivity contribution < 1.29 is 31.9 Å². The fourth-order valence-corrected chi connectivity index (χ4v) is 2.82. The lowest BCUT2D eigenvalue weighted by molar-refractivity contribution is -0.136. The molecule has 0 aliphatic heterocycles. The summed E-state index contributed by atoms with van der Waals surface area (Å²) in [6.07, 6.45) is -3.84. The smallest absolute Gasteiger partial charge is 0.417 e. The van der Waals surface area contributed by atoms with Crippen LogP contribution in [0.4, 0.5) is 13.2 Å². The number of furan rings is 1. The molecule has 0 saturated carbocycles. The number of aromatic nitrogens is 1. The van der Waals surface area contributed by atoms with Crippen LogP contribution >= 0.6 is 0 Å². The Hall–Kier alpha value is -3.36. The van der Waals surface area contributed by atoms with Crippen molar-refractivity contribution in [2.75, 3.05) is 7.11 Å². The fourth-order valence-electron chi connectivity index (χ4n) is 2.82. The van der Waals surface area contributed by atoms with Gasteiger partial charge in [-0.15, -0.1) is 0 Å². The summed E-state index contributed by atoms with van der Waals surface area (Å²) in [5, 5.41) is 2.20. The SMILES string of the molecule is COC(=O)c1cc(CNC(=O)c2cnc3ccccc3c2C(F)(F)F)oc1C. The van der Waals surface area contributed by atoms with Crippen LogP contribution in [0.5, 0.6) is 0 Å². The van der Waals surface area contributed by atoms with Gasteiger partial charge in [-0.1, -0.05) is 18.2 Å². The van der Waals surface area contributed by atoms with Gasteiger partial charge in [-0.25, -0.2) is 4.79 Å². The lowest BCUT2D eigenvalue weighted by Crippen LogP contribution is -2.26. The fraction of sp³-hybridized carbons (Fsp3) is 0.211. The number of methoxy groups -OCH3 is 1. The van der Waals surface area contributed by atoms with Gasteiger partial charge in [-0.2, -0.15) is 13.2 Å². The minimum absolute atomic E-state index is 0.135. The molecule has 0 unspecified atom stereocenters. The molecule has 1 N–H and O–H groups in total. The number of para-hydroxylation sites is 1. The van der Waals surface area contributed by atoms with E-state index in [1.165, 1.54) is 38.3 Å². The highest BCUT2D eigenvalue weighted by molar-refractivity contribution is 6.00. The quantitative estimate of drug-likeness (QED) is 0.682. The molecule has 0 aliphatic carbocycles. The monoisotopic (exact) mass is 392 g/mol. The number of rotatable bonds is 4. The number of ether oxygens (including phenoxy) is 1. The highest BCUT2D eigenvalue weighted by Gasteiger charge is 2.37. The molecule has 0 fully saturated rings. The van der Waals surface area contributed by atoms with Gasteiger partial charge in [-0.05, 0) is 19.1 Å². The van der Waals surface area contributed by atoms with E-state index in [2.05, 4.69) is 15.0 Å². The third-order valence-corrected chi connectivity index (χ3v) is 4.10. The number of pyridine rings is 1. The number of alkyl halides is 3. The molecule has 2 heterocycles. The third-order valence-electron chi connectivity index (χ3n) is 4.10. The van der Waals surface area contributed by atoms with Crippen molar-refractivity contribution in [2.45, 2.75) is 19.6 Å². The lowest BCUT2D eigenvalue weighted by Gasteiger charge is -2.15.